The van der Waals surface area contributed by atoms with Crippen LogP contribution in [0.25, 0.3) is 111 Å². The van der Waals surface area contributed by atoms with Gasteiger partial charge in [0.2, 0.25) is 5.95 Å². The molecule has 5 heteroatoms. The highest BCUT2D eigenvalue weighted by Crippen LogP contribution is 2.42. The van der Waals surface area contributed by atoms with E-state index < -0.39 is 0 Å². The van der Waals surface area contributed by atoms with Gasteiger partial charge in [0, 0.05) is 32.5 Å². The Bertz CT molecular complexity index is 3370. The van der Waals surface area contributed by atoms with Gasteiger partial charge in [0.25, 0.3) is 0 Å². The number of fused-ring (bicyclic) bond motifs is 9. The van der Waals surface area contributed by atoms with Crippen molar-refractivity contribution in [2.24, 2.45) is 0 Å². The first-order chi connectivity index (χ1) is 28.3. The van der Waals surface area contributed by atoms with E-state index in [0.717, 1.165) is 77.4 Å². The van der Waals surface area contributed by atoms with Crippen molar-refractivity contribution >= 4 is 65.7 Å². The lowest BCUT2D eigenvalue weighted by Crippen LogP contribution is -2.04. The Morgan fingerprint density at radius 3 is 1.51 bits per heavy atom. The molecule has 4 aromatic heterocycles. The minimum atomic E-state index is 0.584. The maximum Gasteiger partial charge on any atom is 0.236 e. The first-order valence-electron chi connectivity index (χ1n) is 19.3. The fourth-order valence-electron chi connectivity index (χ4n) is 8.77. The van der Waals surface area contributed by atoms with E-state index in [2.05, 4.69) is 185 Å². The van der Waals surface area contributed by atoms with E-state index in [1.807, 2.05) is 18.2 Å². The van der Waals surface area contributed by atoms with Crippen molar-refractivity contribution in [3.63, 3.8) is 0 Å². The Morgan fingerprint density at radius 1 is 0.368 bits per heavy atom. The van der Waals surface area contributed by atoms with Gasteiger partial charge in [-0.2, -0.15) is 0 Å². The van der Waals surface area contributed by atoms with Crippen molar-refractivity contribution in [1.29, 1.82) is 0 Å². The lowest BCUT2D eigenvalue weighted by Gasteiger charge is -2.15. The first kappa shape index (κ1) is 31.6. The topological polar surface area (TPSA) is 48.8 Å². The van der Waals surface area contributed by atoms with Crippen LogP contribution in [0.15, 0.2) is 199 Å². The highest BCUT2D eigenvalue weighted by molar-refractivity contribution is 6.13. The van der Waals surface area contributed by atoms with E-state index in [0.29, 0.717) is 11.5 Å². The van der Waals surface area contributed by atoms with Gasteiger partial charge < -0.3 is 8.98 Å². The van der Waals surface area contributed by atoms with Crippen LogP contribution in [-0.2, 0) is 0 Å². The molecule has 0 radical (unpaired) electrons. The predicted molar refractivity (Wildman–Crippen MR) is 234 cm³/mol. The maximum absolute atomic E-state index is 6.72. The molecule has 0 bridgehead atoms. The summed E-state index contributed by atoms with van der Waals surface area (Å²) in [5.41, 5.74) is 13.9. The van der Waals surface area contributed by atoms with Crippen molar-refractivity contribution in [3.05, 3.63) is 194 Å². The fraction of sp³-hybridized carbons (Fsp3) is 0. The molecule has 57 heavy (non-hydrogen) atoms. The molecule has 0 aliphatic rings. The molecule has 12 rings (SSSR count). The third-order valence-electron chi connectivity index (χ3n) is 11.4. The number of furan rings is 1. The number of nitrogens with zero attached hydrogens (tertiary/aromatic N) is 4. The van der Waals surface area contributed by atoms with E-state index in [9.17, 15) is 0 Å². The fourth-order valence-corrected chi connectivity index (χ4v) is 8.77. The number of hydrogen-bond acceptors (Lipinski definition) is 3. The Balaban J connectivity index is 1.17. The smallest absolute Gasteiger partial charge is 0.236 e. The minimum absolute atomic E-state index is 0.584. The summed E-state index contributed by atoms with van der Waals surface area (Å²) in [6.45, 7) is 0. The second-order valence-electron chi connectivity index (χ2n) is 14.6. The zero-order chi connectivity index (χ0) is 37.5. The van der Waals surface area contributed by atoms with Crippen LogP contribution in [0.2, 0.25) is 0 Å². The molecule has 0 unspecified atom stereocenters. The molecule has 0 N–H and O–H groups in total. The molecule has 266 valence electrons. The monoisotopic (exact) mass is 728 g/mol. The highest BCUT2D eigenvalue weighted by Gasteiger charge is 2.24. The summed E-state index contributed by atoms with van der Waals surface area (Å²) in [6.07, 6.45) is 0. The summed E-state index contributed by atoms with van der Waals surface area (Å²) in [5.74, 6) is 0.584. The van der Waals surface area contributed by atoms with Gasteiger partial charge in [0.15, 0.2) is 5.58 Å². The second kappa shape index (κ2) is 12.4. The number of rotatable bonds is 5. The summed E-state index contributed by atoms with van der Waals surface area (Å²) in [4.78, 5) is 10.9. The average molecular weight is 729 g/mol. The average Bonchev–Trinajstić information content (AvgIpc) is 3.94. The van der Waals surface area contributed by atoms with Crippen LogP contribution >= 0.6 is 0 Å². The van der Waals surface area contributed by atoms with Gasteiger partial charge in [-0.25, -0.2) is 9.97 Å². The lowest BCUT2D eigenvalue weighted by molar-refractivity contribution is 0.666. The van der Waals surface area contributed by atoms with Crippen molar-refractivity contribution in [2.45, 2.75) is 0 Å². The van der Waals surface area contributed by atoms with E-state index >= 15 is 0 Å². The van der Waals surface area contributed by atoms with Crippen LogP contribution in [0.5, 0.6) is 0 Å². The second-order valence-corrected chi connectivity index (χ2v) is 14.6. The molecule has 5 nitrogen and oxygen atoms in total. The van der Waals surface area contributed by atoms with E-state index in [4.69, 9.17) is 14.4 Å². The van der Waals surface area contributed by atoms with E-state index in [1.54, 1.807) is 0 Å². The summed E-state index contributed by atoms with van der Waals surface area (Å²) in [7, 11) is 0. The molecule has 12 aromatic rings. The molecular weight excluding hydrogens is 697 g/mol. The molecule has 4 heterocycles. The van der Waals surface area contributed by atoms with Crippen LogP contribution in [0.3, 0.4) is 0 Å². The van der Waals surface area contributed by atoms with Crippen LogP contribution in [0.4, 0.5) is 0 Å². The van der Waals surface area contributed by atoms with E-state index in [1.165, 1.54) is 21.9 Å². The van der Waals surface area contributed by atoms with Crippen LogP contribution in [0, 0.1) is 0 Å². The molecular formula is C52H32N4O. The molecule has 0 saturated heterocycles. The Kier molecular flexibility index (Phi) is 6.86. The summed E-state index contributed by atoms with van der Waals surface area (Å²) in [6, 6.07) is 68.5. The van der Waals surface area contributed by atoms with Gasteiger partial charge in [-0.3, -0.25) is 4.57 Å². The normalized spacial score (nSPS) is 11.9. The predicted octanol–water partition coefficient (Wildman–Crippen LogP) is 13.6. The van der Waals surface area contributed by atoms with Gasteiger partial charge in [0.05, 0.1) is 27.8 Å². The Morgan fingerprint density at radius 2 is 0.877 bits per heavy atom. The molecule has 0 aliphatic carbocycles. The largest absolute Gasteiger partial charge is 0.452 e. The zero-order valence-electron chi connectivity index (χ0n) is 30.7. The molecule has 0 fully saturated rings. The van der Waals surface area contributed by atoms with Crippen LogP contribution in [-0.4, -0.2) is 19.1 Å². The van der Waals surface area contributed by atoms with Crippen molar-refractivity contribution < 1.29 is 4.42 Å². The van der Waals surface area contributed by atoms with Gasteiger partial charge in [0.1, 0.15) is 16.8 Å². The summed E-state index contributed by atoms with van der Waals surface area (Å²) >= 11 is 0. The van der Waals surface area contributed by atoms with E-state index in [-0.39, 0.29) is 0 Å². The van der Waals surface area contributed by atoms with Crippen LogP contribution < -0.4 is 0 Å². The van der Waals surface area contributed by atoms with Crippen LogP contribution in [0.1, 0.15) is 0 Å². The molecule has 0 atom stereocenters. The van der Waals surface area contributed by atoms with Gasteiger partial charge >= 0.3 is 0 Å². The zero-order valence-corrected chi connectivity index (χ0v) is 30.7. The first-order valence-corrected chi connectivity index (χ1v) is 19.3. The molecule has 0 spiro atoms. The highest BCUT2D eigenvalue weighted by atomic mass is 16.3. The SMILES string of the molecule is c1ccc(-c2ccc3c(c2)c2cc(-c4ccccc4)ccc2n3-c2nc(-c3ccccc3-n3c4ccccc4c4ccccc43)c3oc4ccccc4c3n2)cc1. The summed E-state index contributed by atoms with van der Waals surface area (Å²) < 4.78 is 11.3. The number of para-hydroxylation sites is 4. The maximum atomic E-state index is 6.72. The molecule has 8 aromatic carbocycles. The molecule has 0 amide bonds. The van der Waals surface area contributed by atoms with Gasteiger partial charge in [-0.05, 0) is 76.9 Å². The minimum Gasteiger partial charge on any atom is -0.452 e. The third kappa shape index (κ3) is 4.82. The van der Waals surface area contributed by atoms with Crippen molar-refractivity contribution in [2.75, 3.05) is 0 Å². The summed E-state index contributed by atoms with van der Waals surface area (Å²) in [5, 5.41) is 5.63. The Hall–Kier alpha value is -7.76. The van der Waals surface area contributed by atoms with Crippen molar-refractivity contribution in [3.8, 4) is 45.1 Å². The Labute approximate surface area is 327 Å². The van der Waals surface area contributed by atoms with Gasteiger partial charge in [-0.15, -0.1) is 0 Å². The third-order valence-corrected chi connectivity index (χ3v) is 11.4. The van der Waals surface area contributed by atoms with Gasteiger partial charge in [-0.1, -0.05) is 140 Å². The number of aromatic nitrogens is 4. The quantitative estimate of drug-likeness (QED) is 0.177. The van der Waals surface area contributed by atoms with Crippen molar-refractivity contribution in [1.82, 2.24) is 19.1 Å². The number of hydrogen-bond donors (Lipinski definition) is 0. The molecule has 0 saturated carbocycles. The number of benzene rings is 8. The lowest BCUT2D eigenvalue weighted by atomic mass is 10.0. The molecule has 0 aliphatic heterocycles. The standard InChI is InChI=1S/C52H32N4O/c1-3-15-33(16-4-1)35-27-29-46-41(31-35)42-32-36(34-17-5-2-6-18-34)28-30-47(42)56(46)52-53-49(51-50(54-52)40-22-10-14-26-48(40)57-51)39-21-9-13-25-45(39)55-43-23-11-7-19-37(43)38-20-8-12-24-44(38)55/h1-32H.